The minimum Gasteiger partial charge on any atom is -0.494 e. The van der Waals surface area contributed by atoms with Crippen LogP contribution in [0.1, 0.15) is 43.9 Å². The minimum absolute atomic E-state index is 0.127. The molecule has 0 saturated carbocycles. The summed E-state index contributed by atoms with van der Waals surface area (Å²) in [5.74, 6) is 0.866. The molecule has 0 aliphatic heterocycles. The molecular formula is C23H32N2O2. The highest BCUT2D eigenvalue weighted by atomic mass is 16.5. The Bertz CT molecular complexity index is 718. The number of benzene rings is 2. The molecule has 0 bridgehead atoms. The Hall–Kier alpha value is -2.49. The molecule has 0 radical (unpaired) electrons. The third-order valence-corrected chi connectivity index (χ3v) is 4.54. The van der Waals surface area contributed by atoms with E-state index in [1.807, 2.05) is 24.3 Å². The summed E-state index contributed by atoms with van der Waals surface area (Å²) in [7, 11) is 0. The number of hydrogen-bond donors (Lipinski definition) is 2. The molecule has 2 N–H and O–H groups in total. The topological polar surface area (TPSA) is 50.4 Å². The highest BCUT2D eigenvalue weighted by Gasteiger charge is 2.12. The van der Waals surface area contributed by atoms with Crippen LogP contribution in [0.3, 0.4) is 0 Å². The van der Waals surface area contributed by atoms with Crippen molar-refractivity contribution in [3.63, 3.8) is 0 Å². The Morgan fingerprint density at radius 2 is 1.63 bits per heavy atom. The van der Waals surface area contributed by atoms with Crippen LogP contribution in [0, 0.1) is 6.92 Å². The van der Waals surface area contributed by atoms with Gasteiger partial charge in [-0.1, -0.05) is 57.2 Å². The number of aryl methyl sites for hydroxylation is 1. The van der Waals surface area contributed by atoms with Crippen LogP contribution < -0.4 is 15.4 Å². The second-order valence-corrected chi connectivity index (χ2v) is 7.84. The first-order valence-electron chi connectivity index (χ1n) is 9.66. The normalized spacial score (nSPS) is 11.1. The lowest BCUT2D eigenvalue weighted by molar-refractivity contribution is 0.239. The van der Waals surface area contributed by atoms with Crippen LogP contribution in [-0.2, 0) is 11.8 Å². The molecule has 2 amide bonds. The first kappa shape index (κ1) is 20.8. The van der Waals surface area contributed by atoms with Gasteiger partial charge in [0.05, 0.1) is 6.61 Å². The molecule has 4 heteroatoms. The summed E-state index contributed by atoms with van der Waals surface area (Å²) in [4.78, 5) is 11.8. The lowest BCUT2D eigenvalue weighted by Gasteiger charge is -2.19. The van der Waals surface area contributed by atoms with Gasteiger partial charge in [-0.15, -0.1) is 0 Å². The van der Waals surface area contributed by atoms with E-state index in [2.05, 4.69) is 62.6 Å². The molecule has 0 aliphatic rings. The van der Waals surface area contributed by atoms with Crippen LogP contribution in [0.4, 0.5) is 4.79 Å². The fourth-order valence-electron chi connectivity index (χ4n) is 2.78. The van der Waals surface area contributed by atoms with E-state index in [1.165, 1.54) is 16.7 Å². The molecule has 0 saturated heterocycles. The summed E-state index contributed by atoms with van der Waals surface area (Å²) in [5, 5.41) is 5.77. The maximum absolute atomic E-state index is 11.8. The molecule has 0 spiro atoms. The molecule has 27 heavy (non-hydrogen) atoms. The fourth-order valence-corrected chi connectivity index (χ4v) is 2.78. The number of hydrogen-bond acceptors (Lipinski definition) is 2. The van der Waals surface area contributed by atoms with E-state index in [-0.39, 0.29) is 11.4 Å². The average molecular weight is 369 g/mol. The quantitative estimate of drug-likeness (QED) is 0.669. The smallest absolute Gasteiger partial charge is 0.314 e. The lowest BCUT2D eigenvalue weighted by Crippen LogP contribution is -2.37. The number of ether oxygens (including phenoxy) is 1. The summed E-state index contributed by atoms with van der Waals surface area (Å²) < 4.78 is 5.74. The third-order valence-electron chi connectivity index (χ3n) is 4.54. The van der Waals surface area contributed by atoms with E-state index in [0.29, 0.717) is 19.7 Å². The molecule has 0 atom stereocenters. The largest absolute Gasteiger partial charge is 0.494 e. The monoisotopic (exact) mass is 368 g/mol. The lowest BCUT2D eigenvalue weighted by atomic mass is 9.87. The van der Waals surface area contributed by atoms with Gasteiger partial charge in [0, 0.05) is 13.1 Å². The van der Waals surface area contributed by atoms with E-state index < -0.39 is 0 Å². The minimum atomic E-state index is -0.127. The highest BCUT2D eigenvalue weighted by molar-refractivity contribution is 5.73. The van der Waals surface area contributed by atoms with E-state index in [9.17, 15) is 4.79 Å². The predicted octanol–water partition coefficient (Wildman–Crippen LogP) is 4.60. The number of urea groups is 1. The molecule has 2 rings (SSSR count). The van der Waals surface area contributed by atoms with Crippen molar-refractivity contribution in [2.24, 2.45) is 0 Å². The van der Waals surface area contributed by atoms with E-state index in [4.69, 9.17) is 4.74 Å². The number of carbonyl (C=O) groups is 1. The molecule has 0 aliphatic carbocycles. The van der Waals surface area contributed by atoms with Crippen molar-refractivity contribution in [3.05, 3.63) is 65.2 Å². The van der Waals surface area contributed by atoms with E-state index >= 15 is 0 Å². The van der Waals surface area contributed by atoms with Crippen molar-refractivity contribution >= 4 is 6.03 Å². The summed E-state index contributed by atoms with van der Waals surface area (Å²) in [6, 6.07) is 16.3. The zero-order chi connectivity index (χ0) is 19.7. The molecule has 2 aromatic carbocycles. The number of nitrogens with one attached hydrogen (secondary N) is 2. The van der Waals surface area contributed by atoms with Crippen LogP contribution in [0.15, 0.2) is 48.5 Å². The Balaban J connectivity index is 1.57. The van der Waals surface area contributed by atoms with Gasteiger partial charge in [-0.25, -0.2) is 4.79 Å². The number of carbonyl (C=O) groups excluding carboxylic acids is 1. The molecule has 0 fully saturated rings. The summed E-state index contributed by atoms with van der Waals surface area (Å²) in [5.41, 5.74) is 3.96. The van der Waals surface area contributed by atoms with Crippen molar-refractivity contribution in [3.8, 4) is 5.75 Å². The zero-order valence-electron chi connectivity index (χ0n) is 17.0. The van der Waals surface area contributed by atoms with Gasteiger partial charge in [-0.05, 0) is 54.0 Å². The van der Waals surface area contributed by atoms with Crippen molar-refractivity contribution in [2.75, 3.05) is 19.7 Å². The third kappa shape index (κ3) is 7.33. The molecule has 0 heterocycles. The van der Waals surface area contributed by atoms with Gasteiger partial charge in [-0.3, -0.25) is 0 Å². The standard InChI is InChI=1S/C23H32N2O2/c1-18-8-5-6-9-19(18)14-16-25-22(26)24-15-7-17-27-21-12-10-20(11-13-21)23(2,3)4/h5-6,8-13H,7,14-17H2,1-4H3,(H2,24,25,26). The van der Waals surface area contributed by atoms with Gasteiger partial charge >= 0.3 is 6.03 Å². The van der Waals surface area contributed by atoms with Crippen LogP contribution in [-0.4, -0.2) is 25.7 Å². The second kappa shape index (κ2) is 10.0. The van der Waals surface area contributed by atoms with Gasteiger partial charge in [-0.2, -0.15) is 0 Å². The summed E-state index contributed by atoms with van der Waals surface area (Å²) in [6.45, 7) is 10.5. The SMILES string of the molecule is Cc1ccccc1CCNC(=O)NCCCOc1ccc(C(C)(C)C)cc1. The average Bonchev–Trinajstić information content (AvgIpc) is 2.63. The van der Waals surface area contributed by atoms with Gasteiger partial charge in [0.1, 0.15) is 5.75 Å². The van der Waals surface area contributed by atoms with E-state index in [1.54, 1.807) is 0 Å². The van der Waals surface area contributed by atoms with Crippen molar-refractivity contribution in [1.82, 2.24) is 10.6 Å². The molecule has 0 unspecified atom stereocenters. The van der Waals surface area contributed by atoms with Gasteiger partial charge in [0.2, 0.25) is 0 Å². The fraction of sp³-hybridized carbons (Fsp3) is 0.435. The predicted molar refractivity (Wildman–Crippen MR) is 112 cm³/mol. The van der Waals surface area contributed by atoms with E-state index in [0.717, 1.165) is 18.6 Å². The maximum Gasteiger partial charge on any atom is 0.314 e. The van der Waals surface area contributed by atoms with Crippen LogP contribution in [0.2, 0.25) is 0 Å². The summed E-state index contributed by atoms with van der Waals surface area (Å²) in [6.07, 6.45) is 1.61. The van der Waals surface area contributed by atoms with Crippen molar-refractivity contribution in [2.45, 2.75) is 46.0 Å². The Labute approximate surface area is 163 Å². The Morgan fingerprint density at radius 3 is 2.30 bits per heavy atom. The molecule has 2 aromatic rings. The van der Waals surface area contributed by atoms with Crippen molar-refractivity contribution in [1.29, 1.82) is 0 Å². The molecule has 4 nitrogen and oxygen atoms in total. The van der Waals surface area contributed by atoms with Crippen LogP contribution >= 0.6 is 0 Å². The maximum atomic E-state index is 11.8. The van der Waals surface area contributed by atoms with Gasteiger partial charge < -0.3 is 15.4 Å². The number of amides is 2. The Kier molecular flexibility index (Phi) is 7.71. The molecular weight excluding hydrogens is 336 g/mol. The molecule has 0 aromatic heterocycles. The highest BCUT2D eigenvalue weighted by Crippen LogP contribution is 2.24. The van der Waals surface area contributed by atoms with Crippen molar-refractivity contribution < 1.29 is 9.53 Å². The van der Waals surface area contributed by atoms with Gasteiger partial charge in [0.25, 0.3) is 0 Å². The number of rotatable bonds is 8. The first-order chi connectivity index (χ1) is 12.9. The molecule has 146 valence electrons. The summed E-state index contributed by atoms with van der Waals surface area (Å²) >= 11 is 0. The van der Waals surface area contributed by atoms with Crippen LogP contribution in [0.25, 0.3) is 0 Å². The zero-order valence-corrected chi connectivity index (χ0v) is 17.0. The second-order valence-electron chi connectivity index (χ2n) is 7.84. The van der Waals surface area contributed by atoms with Gasteiger partial charge in [0.15, 0.2) is 0 Å². The first-order valence-corrected chi connectivity index (χ1v) is 9.66. The van der Waals surface area contributed by atoms with Crippen LogP contribution in [0.5, 0.6) is 5.75 Å². The Morgan fingerprint density at radius 1 is 0.963 bits per heavy atom.